The summed E-state index contributed by atoms with van der Waals surface area (Å²) in [7, 11) is 0. The molecule has 0 spiro atoms. The molecule has 1 aliphatic heterocycles. The van der Waals surface area contributed by atoms with Crippen molar-refractivity contribution in [3.63, 3.8) is 0 Å². The number of rotatable bonds is 2. The van der Waals surface area contributed by atoms with Gasteiger partial charge in [0.15, 0.2) is 0 Å². The number of halogens is 4. The molecule has 0 aromatic heterocycles. The van der Waals surface area contributed by atoms with Gasteiger partial charge in [0.25, 0.3) is 0 Å². The Morgan fingerprint density at radius 2 is 1.95 bits per heavy atom. The van der Waals surface area contributed by atoms with Gasteiger partial charge in [0.2, 0.25) is 0 Å². The molecule has 0 saturated carbocycles. The highest BCUT2D eigenvalue weighted by Gasteiger charge is 2.35. The van der Waals surface area contributed by atoms with Crippen molar-refractivity contribution in [3.05, 3.63) is 40.7 Å². The van der Waals surface area contributed by atoms with Gasteiger partial charge in [-0.25, -0.2) is 4.39 Å². The van der Waals surface area contributed by atoms with Crippen LogP contribution in [0.4, 0.5) is 23.2 Å². The van der Waals surface area contributed by atoms with Crippen molar-refractivity contribution in [1.29, 1.82) is 0 Å². The summed E-state index contributed by atoms with van der Waals surface area (Å²) in [5.41, 5.74) is 7.13. The lowest BCUT2D eigenvalue weighted by atomic mass is 10.0. The number of aryl methyl sites for hydroxylation is 1. The molecule has 1 aliphatic rings. The van der Waals surface area contributed by atoms with E-state index in [2.05, 4.69) is 0 Å². The van der Waals surface area contributed by atoms with Crippen LogP contribution in [0.1, 0.15) is 30.5 Å². The van der Waals surface area contributed by atoms with Crippen LogP contribution in [-0.2, 0) is 0 Å². The van der Waals surface area contributed by atoms with E-state index in [0.717, 1.165) is 0 Å². The lowest BCUT2D eigenvalue weighted by molar-refractivity contribution is -0.0943. The number of benzene rings is 1. The van der Waals surface area contributed by atoms with E-state index < -0.39 is 11.7 Å². The Labute approximate surface area is 121 Å². The quantitative estimate of drug-likeness (QED) is 0.664. The minimum Gasteiger partial charge on any atom is -0.367 e. The highest BCUT2D eigenvalue weighted by Crippen LogP contribution is 2.34. The van der Waals surface area contributed by atoms with Gasteiger partial charge in [-0.3, -0.25) is 0 Å². The Morgan fingerprint density at radius 3 is 2.43 bits per heavy atom. The molecule has 0 bridgehead atoms. The molecule has 116 valence electrons. The molecule has 1 atom stereocenters. The van der Waals surface area contributed by atoms with Gasteiger partial charge in [-0.05, 0) is 43.5 Å². The monoisotopic (exact) mass is 302 g/mol. The Morgan fingerprint density at radius 1 is 1.29 bits per heavy atom. The standard InChI is InChI=1S/C15H18F4N2/c1-9-7-14(12(10(2)20)8-13(9)16)21-5-3-11(4-6-21)15(17,18)19/h3,7-8,10H,4-6,20H2,1-2H3. The van der Waals surface area contributed by atoms with E-state index in [1.54, 1.807) is 24.8 Å². The zero-order chi connectivity index (χ0) is 15.8. The Hall–Kier alpha value is -1.56. The van der Waals surface area contributed by atoms with Gasteiger partial charge in [0.1, 0.15) is 5.82 Å². The smallest absolute Gasteiger partial charge is 0.367 e. The van der Waals surface area contributed by atoms with Crippen LogP contribution in [0.2, 0.25) is 0 Å². The van der Waals surface area contributed by atoms with Gasteiger partial charge in [-0.15, -0.1) is 0 Å². The summed E-state index contributed by atoms with van der Waals surface area (Å²) in [5.74, 6) is -0.352. The number of nitrogens with two attached hydrogens (primary N) is 1. The van der Waals surface area contributed by atoms with E-state index in [0.29, 0.717) is 16.8 Å². The lowest BCUT2D eigenvalue weighted by Gasteiger charge is -2.32. The summed E-state index contributed by atoms with van der Waals surface area (Å²) >= 11 is 0. The number of anilines is 1. The molecular weight excluding hydrogens is 284 g/mol. The van der Waals surface area contributed by atoms with Crippen LogP contribution < -0.4 is 10.6 Å². The van der Waals surface area contributed by atoms with Crippen molar-refractivity contribution in [3.8, 4) is 0 Å². The molecule has 6 heteroatoms. The SMILES string of the molecule is Cc1cc(N2CC=C(C(F)(F)F)CC2)c(C(C)N)cc1F. The molecule has 1 unspecified atom stereocenters. The Bertz CT molecular complexity index is 562. The van der Waals surface area contributed by atoms with Gasteiger partial charge >= 0.3 is 6.18 Å². The largest absolute Gasteiger partial charge is 0.412 e. The van der Waals surface area contributed by atoms with Crippen molar-refractivity contribution < 1.29 is 17.6 Å². The van der Waals surface area contributed by atoms with Crippen LogP contribution in [0, 0.1) is 12.7 Å². The molecule has 0 saturated heterocycles. The third-order valence-corrected chi connectivity index (χ3v) is 3.71. The van der Waals surface area contributed by atoms with Gasteiger partial charge in [0, 0.05) is 30.4 Å². The number of alkyl halides is 3. The first kappa shape index (κ1) is 15.8. The number of nitrogens with zero attached hydrogens (tertiary/aromatic N) is 1. The molecule has 21 heavy (non-hydrogen) atoms. The van der Waals surface area contributed by atoms with E-state index in [-0.39, 0.29) is 31.4 Å². The summed E-state index contributed by atoms with van der Waals surface area (Å²) in [6.45, 7) is 3.76. The number of hydrogen-bond acceptors (Lipinski definition) is 2. The fourth-order valence-electron chi connectivity index (χ4n) is 2.47. The van der Waals surface area contributed by atoms with E-state index in [1.807, 2.05) is 0 Å². The van der Waals surface area contributed by atoms with Crippen LogP contribution in [0.3, 0.4) is 0 Å². The second-order valence-electron chi connectivity index (χ2n) is 5.37. The maximum absolute atomic E-state index is 13.7. The molecule has 2 nitrogen and oxygen atoms in total. The third-order valence-electron chi connectivity index (χ3n) is 3.71. The Kier molecular flexibility index (Phi) is 4.27. The lowest BCUT2D eigenvalue weighted by Crippen LogP contribution is -2.33. The molecule has 1 aromatic rings. The number of hydrogen-bond donors (Lipinski definition) is 1. The first-order valence-corrected chi connectivity index (χ1v) is 6.77. The molecule has 0 aliphatic carbocycles. The minimum atomic E-state index is -4.27. The molecule has 2 N–H and O–H groups in total. The minimum absolute atomic E-state index is 0.0711. The fraction of sp³-hybridized carbons (Fsp3) is 0.467. The van der Waals surface area contributed by atoms with Gasteiger partial charge in [-0.2, -0.15) is 13.2 Å². The molecule has 2 rings (SSSR count). The van der Waals surface area contributed by atoms with Gasteiger partial charge in [-0.1, -0.05) is 6.08 Å². The maximum Gasteiger partial charge on any atom is 0.412 e. The van der Waals surface area contributed by atoms with E-state index >= 15 is 0 Å². The second kappa shape index (κ2) is 5.67. The highest BCUT2D eigenvalue weighted by molar-refractivity contribution is 5.58. The summed E-state index contributed by atoms with van der Waals surface area (Å²) in [5, 5.41) is 0. The predicted molar refractivity (Wildman–Crippen MR) is 74.7 cm³/mol. The summed E-state index contributed by atoms with van der Waals surface area (Å²) in [6, 6.07) is 2.64. The van der Waals surface area contributed by atoms with Crippen molar-refractivity contribution in [2.24, 2.45) is 5.73 Å². The van der Waals surface area contributed by atoms with E-state index in [9.17, 15) is 17.6 Å². The zero-order valence-corrected chi connectivity index (χ0v) is 12.0. The van der Waals surface area contributed by atoms with Crippen molar-refractivity contribution >= 4 is 5.69 Å². The van der Waals surface area contributed by atoms with Crippen LogP contribution in [0.15, 0.2) is 23.8 Å². The normalized spacial score (nSPS) is 17.7. The first-order valence-electron chi connectivity index (χ1n) is 6.77. The van der Waals surface area contributed by atoms with Crippen molar-refractivity contribution in [1.82, 2.24) is 0 Å². The Balaban J connectivity index is 2.32. The van der Waals surface area contributed by atoms with E-state index in [4.69, 9.17) is 5.73 Å². The predicted octanol–water partition coefficient (Wildman–Crippen LogP) is 3.85. The second-order valence-corrected chi connectivity index (χ2v) is 5.37. The van der Waals surface area contributed by atoms with Gasteiger partial charge in [0.05, 0.1) is 0 Å². The maximum atomic E-state index is 13.7. The molecule has 0 fully saturated rings. The van der Waals surface area contributed by atoms with Gasteiger partial charge < -0.3 is 10.6 Å². The zero-order valence-electron chi connectivity index (χ0n) is 12.0. The highest BCUT2D eigenvalue weighted by atomic mass is 19.4. The molecular formula is C15H18F4N2. The first-order chi connectivity index (χ1) is 9.70. The van der Waals surface area contributed by atoms with E-state index in [1.165, 1.54) is 12.1 Å². The average Bonchev–Trinajstić information content (AvgIpc) is 2.40. The van der Waals surface area contributed by atoms with Crippen molar-refractivity contribution in [2.45, 2.75) is 32.5 Å². The summed E-state index contributed by atoms with van der Waals surface area (Å²) in [4.78, 5) is 1.81. The third kappa shape index (κ3) is 3.37. The van der Waals surface area contributed by atoms with Crippen LogP contribution in [-0.4, -0.2) is 19.3 Å². The van der Waals surface area contributed by atoms with Crippen LogP contribution in [0.25, 0.3) is 0 Å². The fourth-order valence-corrected chi connectivity index (χ4v) is 2.47. The van der Waals surface area contributed by atoms with Crippen LogP contribution >= 0.6 is 0 Å². The van der Waals surface area contributed by atoms with Crippen LogP contribution in [0.5, 0.6) is 0 Å². The van der Waals surface area contributed by atoms with Crippen molar-refractivity contribution in [2.75, 3.05) is 18.0 Å². The summed E-state index contributed by atoms with van der Waals surface area (Å²) < 4.78 is 51.6. The molecule has 1 aromatic carbocycles. The molecule has 0 radical (unpaired) electrons. The summed E-state index contributed by atoms with van der Waals surface area (Å²) in [6.07, 6.45) is -3.15. The topological polar surface area (TPSA) is 29.3 Å². The molecule has 0 amide bonds. The average molecular weight is 302 g/mol. The molecule has 1 heterocycles.